The molecule has 2 aromatic carbocycles. The highest BCUT2D eigenvalue weighted by atomic mass is 19.1. The summed E-state index contributed by atoms with van der Waals surface area (Å²) in [5.41, 5.74) is 2.27. The maximum absolute atomic E-state index is 13.4. The molecule has 144 valence electrons. The second-order valence-electron chi connectivity index (χ2n) is 6.66. The minimum Gasteiger partial charge on any atom is -0.494 e. The van der Waals surface area contributed by atoms with Crippen molar-refractivity contribution in [2.45, 2.75) is 12.8 Å². The zero-order valence-electron chi connectivity index (χ0n) is 15.3. The summed E-state index contributed by atoms with van der Waals surface area (Å²) in [7, 11) is 0. The van der Waals surface area contributed by atoms with Gasteiger partial charge in [-0.1, -0.05) is 0 Å². The van der Waals surface area contributed by atoms with Gasteiger partial charge in [-0.2, -0.15) is 0 Å². The molecule has 4 rings (SSSR count). The lowest BCUT2D eigenvalue weighted by Gasteiger charge is -2.08. The van der Waals surface area contributed by atoms with Crippen LogP contribution in [-0.4, -0.2) is 24.7 Å². The normalized spacial score (nSPS) is 11.3. The van der Waals surface area contributed by atoms with Crippen LogP contribution in [0.4, 0.5) is 4.39 Å². The monoisotopic (exact) mass is 380 g/mol. The van der Waals surface area contributed by atoms with E-state index >= 15 is 0 Å². The molecule has 0 atom stereocenters. The Bertz CT molecular complexity index is 1150. The van der Waals surface area contributed by atoms with Crippen molar-refractivity contribution in [2.24, 2.45) is 0 Å². The third-order valence-electron chi connectivity index (χ3n) is 4.66. The molecule has 4 aromatic rings. The lowest BCUT2D eigenvalue weighted by atomic mass is 10.1. The number of halogens is 1. The molecule has 2 N–H and O–H groups in total. The van der Waals surface area contributed by atoms with Gasteiger partial charge in [0.2, 0.25) is 0 Å². The fraction of sp³-hybridized carbons (Fsp3) is 0.227. The van der Waals surface area contributed by atoms with Crippen molar-refractivity contribution >= 4 is 21.9 Å². The van der Waals surface area contributed by atoms with Crippen LogP contribution in [0.25, 0.3) is 21.9 Å². The van der Waals surface area contributed by atoms with Gasteiger partial charge in [-0.3, -0.25) is 0 Å². The van der Waals surface area contributed by atoms with Crippen molar-refractivity contribution in [1.29, 1.82) is 0 Å². The van der Waals surface area contributed by atoms with Crippen molar-refractivity contribution < 1.29 is 13.5 Å². The van der Waals surface area contributed by atoms with Crippen LogP contribution < -0.4 is 15.7 Å². The van der Waals surface area contributed by atoms with E-state index in [1.807, 2.05) is 12.3 Å². The third kappa shape index (κ3) is 4.23. The number of H-pyrrole nitrogens is 1. The topological polar surface area (TPSA) is 67.3 Å². The number of benzene rings is 2. The van der Waals surface area contributed by atoms with E-state index in [-0.39, 0.29) is 11.4 Å². The summed E-state index contributed by atoms with van der Waals surface area (Å²) < 4.78 is 24.3. The molecule has 0 amide bonds. The molecule has 0 aliphatic heterocycles. The van der Waals surface area contributed by atoms with E-state index in [1.165, 1.54) is 12.1 Å². The third-order valence-corrected chi connectivity index (χ3v) is 4.66. The number of fused-ring (bicyclic) bond motifs is 2. The zero-order chi connectivity index (χ0) is 19.3. The average Bonchev–Trinajstić information content (AvgIpc) is 3.09. The molecule has 0 radical (unpaired) electrons. The Kier molecular flexibility index (Phi) is 5.39. The Hall–Kier alpha value is -3.12. The standard InChI is InChI=1S/C22H21FN2O3/c23-17-3-5-20-19(13-17)16(14-25-20)8-10-24-9-1-11-27-18-4-6-21-15(12-18)2-7-22(26)28-21/h2-7,12-14,24-25H,1,8-11H2. The van der Waals surface area contributed by atoms with Crippen LogP contribution in [0.5, 0.6) is 5.75 Å². The van der Waals surface area contributed by atoms with E-state index in [2.05, 4.69) is 10.3 Å². The molecule has 0 aliphatic rings. The van der Waals surface area contributed by atoms with Gasteiger partial charge in [-0.05, 0) is 74.0 Å². The first-order valence-electron chi connectivity index (χ1n) is 9.32. The minimum absolute atomic E-state index is 0.214. The van der Waals surface area contributed by atoms with Crippen LogP contribution in [0.2, 0.25) is 0 Å². The Labute approximate surface area is 161 Å². The molecule has 0 aliphatic carbocycles. The summed E-state index contributed by atoms with van der Waals surface area (Å²) in [6, 6.07) is 13.3. The second kappa shape index (κ2) is 8.27. The number of hydrogen-bond acceptors (Lipinski definition) is 4. The van der Waals surface area contributed by atoms with Crippen LogP contribution in [0, 0.1) is 5.82 Å². The van der Waals surface area contributed by atoms with Gasteiger partial charge < -0.3 is 19.5 Å². The van der Waals surface area contributed by atoms with Gasteiger partial charge in [-0.25, -0.2) is 9.18 Å². The molecule has 6 heteroatoms. The quantitative estimate of drug-likeness (QED) is 0.358. The number of aromatic nitrogens is 1. The number of aromatic amines is 1. The minimum atomic E-state index is -0.356. The zero-order valence-corrected chi connectivity index (χ0v) is 15.3. The number of hydrogen-bond donors (Lipinski definition) is 2. The summed E-state index contributed by atoms with van der Waals surface area (Å²) in [5, 5.41) is 5.17. The SMILES string of the molecule is O=c1ccc2cc(OCCCNCCc3c[nH]c4ccc(F)cc34)ccc2o1. The Balaban J connectivity index is 1.19. The van der Waals surface area contributed by atoms with Gasteiger partial charge in [0, 0.05) is 28.6 Å². The number of nitrogens with one attached hydrogen (secondary N) is 2. The molecule has 0 spiro atoms. The van der Waals surface area contributed by atoms with Gasteiger partial charge in [0.05, 0.1) is 6.61 Å². The van der Waals surface area contributed by atoms with Crippen molar-refractivity contribution in [3.63, 3.8) is 0 Å². The molecule has 0 fully saturated rings. The van der Waals surface area contributed by atoms with E-state index in [0.717, 1.165) is 53.5 Å². The molecule has 28 heavy (non-hydrogen) atoms. The Morgan fingerprint density at radius 3 is 2.93 bits per heavy atom. The van der Waals surface area contributed by atoms with Gasteiger partial charge in [0.1, 0.15) is 17.1 Å². The fourth-order valence-corrected chi connectivity index (χ4v) is 3.23. The van der Waals surface area contributed by atoms with Crippen molar-refractivity contribution in [3.8, 4) is 5.75 Å². The molecule has 2 heterocycles. The highest BCUT2D eigenvalue weighted by molar-refractivity contribution is 5.83. The summed E-state index contributed by atoms with van der Waals surface area (Å²) in [5.74, 6) is 0.538. The first-order valence-corrected chi connectivity index (χ1v) is 9.32. The van der Waals surface area contributed by atoms with Crippen molar-refractivity contribution in [2.75, 3.05) is 19.7 Å². The molecule has 5 nitrogen and oxygen atoms in total. The summed E-state index contributed by atoms with van der Waals surface area (Å²) >= 11 is 0. The highest BCUT2D eigenvalue weighted by Crippen LogP contribution is 2.20. The van der Waals surface area contributed by atoms with E-state index in [4.69, 9.17) is 9.15 Å². The lowest BCUT2D eigenvalue weighted by molar-refractivity contribution is 0.308. The molecular weight excluding hydrogens is 359 g/mol. The van der Waals surface area contributed by atoms with E-state index in [0.29, 0.717) is 12.2 Å². The molecular formula is C22H21FN2O3. The molecule has 0 bridgehead atoms. The predicted molar refractivity (Wildman–Crippen MR) is 107 cm³/mol. The van der Waals surface area contributed by atoms with Gasteiger partial charge in [-0.15, -0.1) is 0 Å². The van der Waals surface area contributed by atoms with Crippen LogP contribution in [0.1, 0.15) is 12.0 Å². The lowest BCUT2D eigenvalue weighted by Crippen LogP contribution is -2.20. The van der Waals surface area contributed by atoms with Gasteiger partial charge >= 0.3 is 5.63 Å². The van der Waals surface area contributed by atoms with E-state index < -0.39 is 0 Å². The maximum Gasteiger partial charge on any atom is 0.336 e. The second-order valence-corrected chi connectivity index (χ2v) is 6.66. The van der Waals surface area contributed by atoms with Crippen LogP contribution in [-0.2, 0) is 6.42 Å². The van der Waals surface area contributed by atoms with Crippen LogP contribution in [0.3, 0.4) is 0 Å². The van der Waals surface area contributed by atoms with Crippen LogP contribution >= 0.6 is 0 Å². The van der Waals surface area contributed by atoms with Crippen molar-refractivity contribution in [3.05, 3.63) is 76.5 Å². The molecule has 0 saturated heterocycles. The largest absolute Gasteiger partial charge is 0.494 e. The number of ether oxygens (including phenoxy) is 1. The summed E-state index contributed by atoms with van der Waals surface area (Å²) in [4.78, 5) is 14.4. The summed E-state index contributed by atoms with van der Waals surface area (Å²) in [6.07, 6.45) is 3.64. The average molecular weight is 380 g/mol. The molecule has 2 aromatic heterocycles. The smallest absolute Gasteiger partial charge is 0.336 e. The predicted octanol–water partition coefficient (Wildman–Crippen LogP) is 4.01. The number of rotatable bonds is 8. The van der Waals surface area contributed by atoms with E-state index in [9.17, 15) is 9.18 Å². The van der Waals surface area contributed by atoms with E-state index in [1.54, 1.807) is 30.3 Å². The fourth-order valence-electron chi connectivity index (χ4n) is 3.23. The van der Waals surface area contributed by atoms with Crippen molar-refractivity contribution in [1.82, 2.24) is 10.3 Å². The molecule has 0 unspecified atom stereocenters. The Morgan fingerprint density at radius 1 is 1.07 bits per heavy atom. The van der Waals surface area contributed by atoms with Gasteiger partial charge in [0.25, 0.3) is 0 Å². The Morgan fingerprint density at radius 2 is 2.00 bits per heavy atom. The van der Waals surface area contributed by atoms with Gasteiger partial charge in [0.15, 0.2) is 0 Å². The summed E-state index contributed by atoms with van der Waals surface area (Å²) in [6.45, 7) is 2.24. The maximum atomic E-state index is 13.4. The first kappa shape index (κ1) is 18.3. The highest BCUT2D eigenvalue weighted by Gasteiger charge is 2.04. The van der Waals surface area contributed by atoms with Crippen LogP contribution in [0.15, 0.2) is 63.9 Å². The molecule has 0 saturated carbocycles. The first-order chi connectivity index (χ1) is 13.7.